The highest BCUT2D eigenvalue weighted by atomic mass is 16.7. The Kier molecular flexibility index (Phi) is 8.28. The SMILES string of the molecule is CC1(C)CCC[C@](C)([C@H]2CC[C@]3(C)[C@@H]2[C@H](O[C@@H]2O[C@H](CO)[C@@H](O)[C@H](O)[C@H]2O)C[C@@H]2[C@@]4(C)CC[C@H](O)C(C)(C)[C@@H]4CC[C@]23C)O1. The van der Waals surface area contributed by atoms with E-state index < -0.39 is 37.3 Å². The zero-order valence-electron chi connectivity index (χ0n) is 28.6. The summed E-state index contributed by atoms with van der Waals surface area (Å²) < 4.78 is 19.9. The van der Waals surface area contributed by atoms with Crippen LogP contribution in [0, 0.1) is 45.3 Å². The minimum atomic E-state index is -1.47. The molecule has 254 valence electrons. The van der Waals surface area contributed by atoms with E-state index in [0.717, 1.165) is 64.2 Å². The molecule has 5 N–H and O–H groups in total. The zero-order valence-corrected chi connectivity index (χ0v) is 28.6. The van der Waals surface area contributed by atoms with Gasteiger partial charge in [0, 0.05) is 0 Å². The summed E-state index contributed by atoms with van der Waals surface area (Å²) in [5.41, 5.74) is -0.643. The average molecular weight is 623 g/mol. The fourth-order valence-electron chi connectivity index (χ4n) is 12.8. The third-order valence-corrected chi connectivity index (χ3v) is 15.2. The first-order valence-electron chi connectivity index (χ1n) is 17.7. The highest BCUT2D eigenvalue weighted by Crippen LogP contribution is 2.76. The molecule has 0 aromatic carbocycles. The van der Waals surface area contributed by atoms with Crippen LogP contribution in [0.3, 0.4) is 0 Å². The summed E-state index contributed by atoms with van der Waals surface area (Å²) in [6.45, 7) is 18.3. The molecule has 2 aliphatic heterocycles. The van der Waals surface area contributed by atoms with Gasteiger partial charge in [0.05, 0.1) is 30.0 Å². The Labute approximate surface area is 265 Å². The lowest BCUT2D eigenvalue weighted by molar-refractivity contribution is -0.337. The molecular weight excluding hydrogens is 560 g/mol. The standard InChI is InChI=1S/C36H62O8/c1-31(2)13-9-14-36(8,44-31)20-10-16-35(7)26(20)21(42-30-29(41)28(40)27(39)22(19-37)43-30)18-24-33(5)15-12-25(38)32(3,4)23(33)11-17-34(24,35)6/h20-30,37-41H,9-19H2,1-8H3/t20-,21+,22+,23-,24+,25-,26-,27+,28-,29+,30+,33-,34+,35+,36+/m0/s1. The summed E-state index contributed by atoms with van der Waals surface area (Å²) in [6.07, 6.45) is 3.08. The maximum Gasteiger partial charge on any atom is 0.186 e. The molecule has 2 saturated heterocycles. The van der Waals surface area contributed by atoms with Crippen molar-refractivity contribution in [3.05, 3.63) is 0 Å². The second-order valence-electron chi connectivity index (χ2n) is 18.2. The van der Waals surface area contributed by atoms with Crippen LogP contribution in [0.15, 0.2) is 0 Å². The van der Waals surface area contributed by atoms with E-state index in [1.165, 1.54) is 0 Å². The van der Waals surface area contributed by atoms with Crippen LogP contribution in [0.5, 0.6) is 0 Å². The number of aliphatic hydroxyl groups excluding tert-OH is 5. The monoisotopic (exact) mass is 622 g/mol. The van der Waals surface area contributed by atoms with Gasteiger partial charge in [-0.15, -0.1) is 0 Å². The lowest BCUT2D eigenvalue weighted by Crippen LogP contribution is -2.68. The summed E-state index contributed by atoms with van der Waals surface area (Å²) in [6, 6.07) is 0. The normalized spacial score (nSPS) is 56.8. The first-order valence-corrected chi connectivity index (χ1v) is 17.7. The lowest BCUT2D eigenvalue weighted by Gasteiger charge is -2.71. The third-order valence-electron chi connectivity index (χ3n) is 15.2. The van der Waals surface area contributed by atoms with Gasteiger partial charge in [-0.2, -0.15) is 0 Å². The van der Waals surface area contributed by atoms with Gasteiger partial charge in [0.2, 0.25) is 0 Å². The third kappa shape index (κ3) is 4.74. The largest absolute Gasteiger partial charge is 0.394 e. The fraction of sp³-hybridized carbons (Fsp3) is 1.00. The van der Waals surface area contributed by atoms with Crippen LogP contribution in [0.1, 0.15) is 120 Å². The number of fused-ring (bicyclic) bond motifs is 5. The van der Waals surface area contributed by atoms with E-state index in [2.05, 4.69) is 55.4 Å². The first-order chi connectivity index (χ1) is 20.3. The van der Waals surface area contributed by atoms with Crippen molar-refractivity contribution in [3.8, 4) is 0 Å². The number of hydrogen-bond acceptors (Lipinski definition) is 8. The predicted molar refractivity (Wildman–Crippen MR) is 166 cm³/mol. The second kappa shape index (κ2) is 10.8. The van der Waals surface area contributed by atoms with Crippen molar-refractivity contribution in [2.24, 2.45) is 45.3 Å². The van der Waals surface area contributed by atoms with Gasteiger partial charge < -0.3 is 39.7 Å². The van der Waals surface area contributed by atoms with Crippen molar-refractivity contribution < 1.29 is 39.7 Å². The summed E-state index contributed by atoms with van der Waals surface area (Å²) in [4.78, 5) is 0. The van der Waals surface area contributed by atoms with Gasteiger partial charge in [-0.1, -0.05) is 34.6 Å². The highest BCUT2D eigenvalue weighted by molar-refractivity contribution is 5.20. The van der Waals surface area contributed by atoms with E-state index in [0.29, 0.717) is 11.8 Å². The maximum atomic E-state index is 11.1. The van der Waals surface area contributed by atoms with Gasteiger partial charge in [-0.25, -0.2) is 0 Å². The van der Waals surface area contributed by atoms with Crippen LogP contribution in [0.25, 0.3) is 0 Å². The van der Waals surface area contributed by atoms with Crippen molar-refractivity contribution in [1.82, 2.24) is 0 Å². The molecule has 0 aromatic heterocycles. The zero-order chi connectivity index (χ0) is 32.3. The smallest absolute Gasteiger partial charge is 0.186 e. The molecule has 0 unspecified atom stereocenters. The van der Waals surface area contributed by atoms with Crippen molar-refractivity contribution in [1.29, 1.82) is 0 Å². The Hall–Kier alpha value is -0.320. The molecule has 0 radical (unpaired) electrons. The van der Waals surface area contributed by atoms with Crippen molar-refractivity contribution in [3.63, 3.8) is 0 Å². The van der Waals surface area contributed by atoms with Crippen LogP contribution in [-0.4, -0.2) is 86.3 Å². The summed E-state index contributed by atoms with van der Waals surface area (Å²) in [5, 5.41) is 53.4. The second-order valence-corrected chi connectivity index (χ2v) is 18.2. The first kappa shape index (κ1) is 33.6. The Morgan fingerprint density at radius 2 is 1.41 bits per heavy atom. The molecule has 15 atom stereocenters. The molecule has 0 aromatic rings. The summed E-state index contributed by atoms with van der Waals surface area (Å²) in [7, 11) is 0. The van der Waals surface area contributed by atoms with Gasteiger partial charge in [-0.05, 0) is 130 Å². The molecule has 8 nitrogen and oxygen atoms in total. The van der Waals surface area contributed by atoms with Crippen molar-refractivity contribution in [2.75, 3.05) is 6.61 Å². The van der Waals surface area contributed by atoms with E-state index in [1.807, 2.05) is 0 Å². The molecule has 0 spiro atoms. The lowest BCUT2D eigenvalue weighted by atomic mass is 9.35. The molecule has 0 amide bonds. The molecule has 0 bridgehead atoms. The molecule has 6 fully saturated rings. The average Bonchev–Trinajstić information content (AvgIpc) is 3.32. The van der Waals surface area contributed by atoms with Crippen molar-refractivity contribution >= 4 is 0 Å². The van der Waals surface area contributed by atoms with E-state index >= 15 is 0 Å². The van der Waals surface area contributed by atoms with E-state index in [-0.39, 0.29) is 56.9 Å². The van der Waals surface area contributed by atoms with Crippen molar-refractivity contribution in [2.45, 2.75) is 174 Å². The molecule has 4 saturated carbocycles. The Morgan fingerprint density at radius 3 is 2.07 bits per heavy atom. The van der Waals surface area contributed by atoms with Crippen LogP contribution in [0.2, 0.25) is 0 Å². The Bertz CT molecular complexity index is 1080. The summed E-state index contributed by atoms with van der Waals surface area (Å²) >= 11 is 0. The molecule has 4 aliphatic carbocycles. The van der Waals surface area contributed by atoms with Gasteiger partial charge in [-0.3, -0.25) is 0 Å². The Balaban J connectivity index is 1.42. The van der Waals surface area contributed by atoms with Crippen LogP contribution >= 0.6 is 0 Å². The molecule has 44 heavy (non-hydrogen) atoms. The minimum absolute atomic E-state index is 0.0199. The van der Waals surface area contributed by atoms with Gasteiger partial charge in [0.15, 0.2) is 6.29 Å². The number of aliphatic hydroxyl groups is 5. The Morgan fingerprint density at radius 1 is 0.727 bits per heavy atom. The minimum Gasteiger partial charge on any atom is -0.394 e. The highest BCUT2D eigenvalue weighted by Gasteiger charge is 2.72. The van der Waals surface area contributed by atoms with Gasteiger partial charge >= 0.3 is 0 Å². The molecule has 6 rings (SSSR count). The number of rotatable bonds is 4. The van der Waals surface area contributed by atoms with E-state index in [1.54, 1.807) is 0 Å². The van der Waals surface area contributed by atoms with Gasteiger partial charge in [0.1, 0.15) is 24.4 Å². The maximum absolute atomic E-state index is 11.1. The molecule has 2 heterocycles. The molecule has 6 aliphatic rings. The van der Waals surface area contributed by atoms with Crippen LogP contribution in [0.4, 0.5) is 0 Å². The molecule has 8 heteroatoms. The fourth-order valence-corrected chi connectivity index (χ4v) is 12.8. The summed E-state index contributed by atoms with van der Waals surface area (Å²) in [5.74, 6) is 1.14. The van der Waals surface area contributed by atoms with E-state index in [4.69, 9.17) is 14.2 Å². The topological polar surface area (TPSA) is 129 Å². The van der Waals surface area contributed by atoms with Crippen LogP contribution < -0.4 is 0 Å². The van der Waals surface area contributed by atoms with Gasteiger partial charge in [0.25, 0.3) is 0 Å². The predicted octanol–water partition coefficient (Wildman–Crippen LogP) is 4.57. The van der Waals surface area contributed by atoms with Crippen LogP contribution in [-0.2, 0) is 14.2 Å². The van der Waals surface area contributed by atoms with E-state index in [9.17, 15) is 25.5 Å². The quantitative estimate of drug-likeness (QED) is 0.289. The number of hydrogen-bond donors (Lipinski definition) is 5. The molecular formula is C36H62O8. The number of ether oxygens (including phenoxy) is 3.